The van der Waals surface area contributed by atoms with E-state index in [1.165, 1.54) is 32.1 Å². The van der Waals surface area contributed by atoms with Crippen molar-refractivity contribution in [3.05, 3.63) is 0 Å². The van der Waals surface area contributed by atoms with E-state index in [1.54, 1.807) is 0 Å². The molecule has 0 radical (unpaired) electrons. The topological polar surface area (TPSA) is 88.9 Å². The van der Waals surface area contributed by atoms with Crippen LogP contribution in [-0.4, -0.2) is 47.5 Å². The Labute approximate surface area is 188 Å². The SMILES string of the molecule is C[C@]12CCC(O)CC1CC[C@@H]1[C@H]2CC[C@]2(C)C(CCCNNC3=NCCN3)CC[C@@]12O. The first kappa shape index (κ1) is 22.0. The molecule has 4 aliphatic carbocycles. The van der Waals surface area contributed by atoms with Gasteiger partial charge in [0.15, 0.2) is 0 Å². The molecular weight excluding hydrogens is 388 g/mol. The molecule has 5 N–H and O–H groups in total. The van der Waals surface area contributed by atoms with Crippen LogP contribution in [0.25, 0.3) is 0 Å². The molecule has 0 aromatic rings. The highest BCUT2D eigenvalue weighted by atomic mass is 16.3. The molecule has 8 atom stereocenters. The molecule has 1 aliphatic heterocycles. The summed E-state index contributed by atoms with van der Waals surface area (Å²) < 4.78 is 0. The molecule has 3 unspecified atom stereocenters. The summed E-state index contributed by atoms with van der Waals surface area (Å²) >= 11 is 0. The summed E-state index contributed by atoms with van der Waals surface area (Å²) in [7, 11) is 0. The van der Waals surface area contributed by atoms with E-state index in [1.807, 2.05) is 0 Å². The van der Waals surface area contributed by atoms with Gasteiger partial charge in [-0.25, -0.2) is 5.43 Å². The van der Waals surface area contributed by atoms with Crippen molar-refractivity contribution in [2.24, 2.45) is 39.5 Å². The van der Waals surface area contributed by atoms with Crippen LogP contribution < -0.4 is 16.2 Å². The van der Waals surface area contributed by atoms with E-state index in [0.29, 0.717) is 29.1 Å². The molecular formula is C25H44N4O2. The lowest BCUT2D eigenvalue weighted by molar-refractivity contribution is -0.210. The van der Waals surface area contributed by atoms with E-state index in [-0.39, 0.29) is 11.5 Å². The van der Waals surface area contributed by atoms with Crippen molar-refractivity contribution in [1.82, 2.24) is 16.2 Å². The van der Waals surface area contributed by atoms with Crippen LogP contribution in [0.15, 0.2) is 4.99 Å². The largest absolute Gasteiger partial charge is 0.393 e. The Morgan fingerprint density at radius 1 is 1.06 bits per heavy atom. The average molecular weight is 433 g/mol. The smallest absolute Gasteiger partial charge is 0.206 e. The average Bonchev–Trinajstić information content (AvgIpc) is 3.35. The Morgan fingerprint density at radius 2 is 1.94 bits per heavy atom. The minimum absolute atomic E-state index is 0.0655. The van der Waals surface area contributed by atoms with Crippen LogP contribution in [0.3, 0.4) is 0 Å². The van der Waals surface area contributed by atoms with Gasteiger partial charge in [0.1, 0.15) is 0 Å². The number of guanidine groups is 1. The third-order valence-electron chi connectivity index (χ3n) is 10.8. The summed E-state index contributed by atoms with van der Waals surface area (Å²) in [6.07, 6.45) is 12.3. The fraction of sp³-hybridized carbons (Fsp3) is 0.960. The number of nitrogens with zero attached hydrogens (tertiary/aromatic N) is 1. The number of aliphatic hydroxyl groups excluding tert-OH is 1. The van der Waals surface area contributed by atoms with E-state index in [4.69, 9.17) is 0 Å². The Bertz CT molecular complexity index is 701. The fourth-order valence-electron chi connectivity index (χ4n) is 8.84. The van der Waals surface area contributed by atoms with Crippen LogP contribution in [0.4, 0.5) is 0 Å². The Morgan fingerprint density at radius 3 is 2.74 bits per heavy atom. The minimum atomic E-state index is -0.487. The van der Waals surface area contributed by atoms with Gasteiger partial charge < -0.3 is 15.5 Å². The summed E-state index contributed by atoms with van der Waals surface area (Å²) in [5, 5.41) is 25.7. The number of rotatable bonds is 5. The molecule has 1 heterocycles. The zero-order valence-corrected chi connectivity index (χ0v) is 19.6. The first-order valence-corrected chi connectivity index (χ1v) is 13.0. The summed E-state index contributed by atoms with van der Waals surface area (Å²) in [5.41, 5.74) is 6.38. The van der Waals surface area contributed by atoms with Crippen LogP contribution >= 0.6 is 0 Å². The predicted octanol–water partition coefficient (Wildman–Crippen LogP) is 2.95. The Kier molecular flexibility index (Phi) is 5.79. The van der Waals surface area contributed by atoms with E-state index < -0.39 is 5.60 Å². The van der Waals surface area contributed by atoms with Crippen molar-refractivity contribution in [1.29, 1.82) is 0 Å². The summed E-state index contributed by atoms with van der Waals surface area (Å²) in [6, 6.07) is 0. The maximum absolute atomic E-state index is 12.2. The molecule has 4 saturated carbocycles. The number of aliphatic imine (C=N–C) groups is 1. The maximum atomic E-state index is 12.2. The standard InChI is InChI=1S/C25H44N4O2/c1-23-10-8-19(30)16-18(23)5-6-21-20(23)9-11-24(2)17(7-12-25(21,24)31)4-3-13-28-29-22-26-14-15-27-22/h17-21,28,30-31H,3-16H2,1-2H3,(H2,26,27,29)/t17?,18?,19?,20-,21-,23+,24-,25-/m1/s1. The molecule has 0 bridgehead atoms. The highest BCUT2D eigenvalue weighted by molar-refractivity contribution is 5.80. The van der Waals surface area contributed by atoms with Crippen LogP contribution in [0.2, 0.25) is 0 Å². The normalized spacial score (nSPS) is 48.9. The third kappa shape index (κ3) is 3.52. The number of hydrogen-bond acceptors (Lipinski definition) is 6. The third-order valence-corrected chi connectivity index (χ3v) is 10.8. The van der Waals surface area contributed by atoms with Crippen molar-refractivity contribution < 1.29 is 10.2 Å². The zero-order chi connectivity index (χ0) is 21.7. The van der Waals surface area contributed by atoms with Crippen molar-refractivity contribution >= 4 is 5.96 Å². The molecule has 0 aromatic heterocycles. The van der Waals surface area contributed by atoms with Crippen molar-refractivity contribution in [3.63, 3.8) is 0 Å². The molecule has 0 saturated heterocycles. The summed E-state index contributed by atoms with van der Waals surface area (Å²) in [6.45, 7) is 7.63. The van der Waals surface area contributed by atoms with Crippen molar-refractivity contribution in [3.8, 4) is 0 Å². The van der Waals surface area contributed by atoms with Gasteiger partial charge in [-0.3, -0.25) is 10.4 Å². The fourth-order valence-corrected chi connectivity index (χ4v) is 8.84. The van der Waals surface area contributed by atoms with Gasteiger partial charge in [-0.1, -0.05) is 13.8 Å². The number of hydrogen-bond donors (Lipinski definition) is 5. The quantitative estimate of drug-likeness (QED) is 0.340. The van der Waals surface area contributed by atoms with Gasteiger partial charge in [0.05, 0.1) is 18.2 Å². The Balaban J connectivity index is 1.21. The van der Waals surface area contributed by atoms with E-state index >= 15 is 0 Å². The molecule has 0 spiro atoms. The van der Waals surface area contributed by atoms with E-state index in [0.717, 1.165) is 64.1 Å². The second-order valence-electron chi connectivity index (χ2n) is 11.9. The number of nitrogens with one attached hydrogen (secondary N) is 3. The lowest BCUT2D eigenvalue weighted by atomic mass is 9.43. The first-order valence-electron chi connectivity index (χ1n) is 13.0. The number of aliphatic hydroxyl groups is 2. The van der Waals surface area contributed by atoms with Gasteiger partial charge in [0.25, 0.3) is 0 Å². The molecule has 31 heavy (non-hydrogen) atoms. The molecule has 0 amide bonds. The second-order valence-corrected chi connectivity index (χ2v) is 11.9. The van der Waals surface area contributed by atoms with Crippen molar-refractivity contribution in [2.45, 2.75) is 96.2 Å². The van der Waals surface area contributed by atoms with Crippen LogP contribution in [0.1, 0.15) is 84.5 Å². The monoisotopic (exact) mass is 432 g/mol. The van der Waals surface area contributed by atoms with Crippen molar-refractivity contribution in [2.75, 3.05) is 19.6 Å². The molecule has 0 aromatic carbocycles. The van der Waals surface area contributed by atoms with Crippen LogP contribution in [0, 0.1) is 34.5 Å². The highest BCUT2D eigenvalue weighted by Gasteiger charge is 2.66. The molecule has 5 aliphatic rings. The maximum Gasteiger partial charge on any atom is 0.206 e. The van der Waals surface area contributed by atoms with Crippen LogP contribution in [0.5, 0.6) is 0 Å². The lowest BCUT2D eigenvalue weighted by Gasteiger charge is -2.63. The predicted molar refractivity (Wildman–Crippen MR) is 123 cm³/mol. The molecule has 176 valence electrons. The van der Waals surface area contributed by atoms with Gasteiger partial charge in [0.2, 0.25) is 5.96 Å². The molecule has 6 heteroatoms. The van der Waals surface area contributed by atoms with E-state index in [9.17, 15) is 10.2 Å². The van der Waals surface area contributed by atoms with Gasteiger partial charge in [-0.15, -0.1) is 0 Å². The molecule has 6 nitrogen and oxygen atoms in total. The van der Waals surface area contributed by atoms with Gasteiger partial charge in [0, 0.05) is 13.1 Å². The van der Waals surface area contributed by atoms with Crippen LogP contribution in [-0.2, 0) is 0 Å². The van der Waals surface area contributed by atoms with Gasteiger partial charge in [-0.05, 0) is 105 Å². The molecule has 4 fully saturated rings. The first-order chi connectivity index (χ1) is 14.9. The summed E-state index contributed by atoms with van der Waals surface area (Å²) in [5.74, 6) is 3.24. The Hall–Kier alpha value is -0.850. The number of hydrazine groups is 1. The lowest BCUT2D eigenvalue weighted by Crippen LogP contribution is -2.62. The summed E-state index contributed by atoms with van der Waals surface area (Å²) in [4.78, 5) is 4.35. The van der Waals surface area contributed by atoms with Gasteiger partial charge in [-0.2, -0.15) is 0 Å². The van der Waals surface area contributed by atoms with E-state index in [2.05, 4.69) is 35.0 Å². The van der Waals surface area contributed by atoms with Gasteiger partial charge >= 0.3 is 0 Å². The zero-order valence-electron chi connectivity index (χ0n) is 19.6. The second kappa shape index (κ2) is 8.18. The minimum Gasteiger partial charge on any atom is -0.393 e. The number of fused-ring (bicyclic) bond motifs is 5. The highest BCUT2D eigenvalue weighted by Crippen LogP contribution is 2.69. The molecule has 5 rings (SSSR count).